The second kappa shape index (κ2) is 7.09. The third-order valence-corrected chi connectivity index (χ3v) is 3.78. The molecule has 0 bridgehead atoms. The third kappa shape index (κ3) is 3.28. The van der Waals surface area contributed by atoms with Crippen LogP contribution in [0.25, 0.3) is 11.1 Å². The van der Waals surface area contributed by atoms with Crippen LogP contribution in [-0.2, 0) is 0 Å². The number of likely N-dealkylation sites (N-methyl/N-ethyl adjacent to an activating group) is 1. The van der Waals surface area contributed by atoms with E-state index in [4.69, 9.17) is 4.74 Å². The van der Waals surface area contributed by atoms with E-state index in [-0.39, 0.29) is 18.6 Å². The van der Waals surface area contributed by atoms with Gasteiger partial charge in [0.1, 0.15) is 5.75 Å². The van der Waals surface area contributed by atoms with Crippen molar-refractivity contribution in [3.05, 3.63) is 54.1 Å². The fourth-order valence-corrected chi connectivity index (χ4v) is 2.21. The molecule has 0 aliphatic heterocycles. The van der Waals surface area contributed by atoms with Crippen LogP contribution >= 0.6 is 0 Å². The molecule has 4 heteroatoms. The lowest BCUT2D eigenvalue weighted by Crippen LogP contribution is -2.37. The van der Waals surface area contributed by atoms with Crippen LogP contribution in [-0.4, -0.2) is 42.7 Å². The van der Waals surface area contributed by atoms with Crippen LogP contribution in [0.5, 0.6) is 5.75 Å². The number of ether oxygens (including phenoxy) is 1. The molecule has 0 spiro atoms. The van der Waals surface area contributed by atoms with E-state index in [0.717, 1.165) is 16.9 Å². The van der Waals surface area contributed by atoms with Gasteiger partial charge in [-0.2, -0.15) is 0 Å². The number of amides is 1. The number of benzene rings is 2. The molecule has 0 radical (unpaired) electrons. The van der Waals surface area contributed by atoms with E-state index in [1.807, 2.05) is 36.4 Å². The number of rotatable bonds is 5. The number of nitrogens with zero attached hydrogens (tertiary/aromatic N) is 1. The van der Waals surface area contributed by atoms with Gasteiger partial charge >= 0.3 is 0 Å². The van der Waals surface area contributed by atoms with Crippen molar-refractivity contribution in [2.45, 2.75) is 13.0 Å². The fourth-order valence-electron chi connectivity index (χ4n) is 2.21. The normalized spacial score (nSPS) is 11.8. The molecule has 2 aromatic carbocycles. The highest BCUT2D eigenvalue weighted by atomic mass is 16.5. The minimum atomic E-state index is -0.227. The number of carbonyl (C=O) groups excluding carboxylic acids is 1. The van der Waals surface area contributed by atoms with Crippen LogP contribution < -0.4 is 4.74 Å². The molecule has 4 nitrogen and oxygen atoms in total. The molecule has 2 rings (SSSR count). The Bertz CT molecular complexity index is 640. The lowest BCUT2D eigenvalue weighted by molar-refractivity contribution is 0.0682. The van der Waals surface area contributed by atoms with Crippen LogP contribution in [0.15, 0.2) is 48.5 Å². The molecule has 0 aliphatic rings. The topological polar surface area (TPSA) is 49.8 Å². The Morgan fingerprint density at radius 1 is 1.23 bits per heavy atom. The molecule has 22 heavy (non-hydrogen) atoms. The van der Waals surface area contributed by atoms with E-state index >= 15 is 0 Å². The summed E-state index contributed by atoms with van der Waals surface area (Å²) in [7, 11) is 3.30. The van der Waals surface area contributed by atoms with Gasteiger partial charge in [0.2, 0.25) is 0 Å². The van der Waals surface area contributed by atoms with Gasteiger partial charge in [-0.25, -0.2) is 0 Å². The van der Waals surface area contributed by atoms with Crippen LogP contribution in [0.1, 0.15) is 17.3 Å². The van der Waals surface area contributed by atoms with Crippen LogP contribution in [0.2, 0.25) is 0 Å². The SMILES string of the molecule is COc1ccc(C(=O)N(C)C(C)CO)cc1-c1ccccc1. The van der Waals surface area contributed by atoms with Crippen molar-refractivity contribution in [2.75, 3.05) is 20.8 Å². The minimum Gasteiger partial charge on any atom is -0.496 e. The van der Waals surface area contributed by atoms with E-state index in [0.29, 0.717) is 5.56 Å². The molecule has 0 saturated carbocycles. The number of aliphatic hydroxyl groups excluding tert-OH is 1. The second-order valence-electron chi connectivity index (χ2n) is 5.23. The Morgan fingerprint density at radius 3 is 2.50 bits per heavy atom. The summed E-state index contributed by atoms with van der Waals surface area (Å²) in [4.78, 5) is 14.0. The number of hydrogen-bond donors (Lipinski definition) is 1. The van der Waals surface area contributed by atoms with Gasteiger partial charge < -0.3 is 14.7 Å². The first-order valence-corrected chi connectivity index (χ1v) is 7.20. The summed E-state index contributed by atoms with van der Waals surface area (Å²) in [5, 5.41) is 9.20. The first-order chi connectivity index (χ1) is 10.6. The summed E-state index contributed by atoms with van der Waals surface area (Å²) in [6, 6.07) is 14.9. The highest BCUT2D eigenvalue weighted by molar-refractivity contribution is 5.96. The molecule has 0 saturated heterocycles. The van der Waals surface area contributed by atoms with E-state index in [9.17, 15) is 9.90 Å². The average Bonchev–Trinajstić information content (AvgIpc) is 2.59. The Hall–Kier alpha value is -2.33. The zero-order valence-corrected chi connectivity index (χ0v) is 13.1. The Labute approximate surface area is 131 Å². The van der Waals surface area contributed by atoms with Crippen molar-refractivity contribution in [3.8, 4) is 16.9 Å². The Balaban J connectivity index is 2.42. The van der Waals surface area contributed by atoms with Crippen molar-refractivity contribution < 1.29 is 14.6 Å². The predicted molar refractivity (Wildman–Crippen MR) is 87.1 cm³/mol. The third-order valence-electron chi connectivity index (χ3n) is 3.78. The molecule has 0 aromatic heterocycles. The van der Waals surface area contributed by atoms with E-state index in [1.54, 1.807) is 33.2 Å². The molecule has 1 N–H and O–H groups in total. The molecule has 116 valence electrons. The average molecular weight is 299 g/mol. The second-order valence-corrected chi connectivity index (χ2v) is 5.23. The van der Waals surface area contributed by atoms with Crippen LogP contribution in [0.3, 0.4) is 0 Å². The predicted octanol–water partition coefficient (Wildman–Crippen LogP) is 2.82. The monoisotopic (exact) mass is 299 g/mol. The molecular weight excluding hydrogens is 278 g/mol. The van der Waals surface area contributed by atoms with Crippen molar-refractivity contribution in [1.29, 1.82) is 0 Å². The maximum absolute atomic E-state index is 12.5. The first-order valence-electron chi connectivity index (χ1n) is 7.20. The standard InChI is InChI=1S/C18H21NO3/c1-13(12-20)19(2)18(21)15-9-10-17(22-3)16(11-15)14-7-5-4-6-8-14/h4-11,13,20H,12H2,1-3H3. The Kier molecular flexibility index (Phi) is 5.17. The van der Waals surface area contributed by atoms with Gasteiger partial charge in [0.05, 0.1) is 19.8 Å². The van der Waals surface area contributed by atoms with E-state index < -0.39 is 0 Å². The zero-order valence-electron chi connectivity index (χ0n) is 13.1. The van der Waals surface area contributed by atoms with Gasteiger partial charge in [0.15, 0.2) is 0 Å². The molecule has 1 unspecified atom stereocenters. The van der Waals surface area contributed by atoms with Crippen molar-refractivity contribution >= 4 is 5.91 Å². The lowest BCUT2D eigenvalue weighted by Gasteiger charge is -2.23. The number of aliphatic hydroxyl groups is 1. The minimum absolute atomic E-state index is 0.0655. The molecule has 1 amide bonds. The number of carbonyl (C=O) groups is 1. The van der Waals surface area contributed by atoms with Gasteiger partial charge in [-0.1, -0.05) is 30.3 Å². The fraction of sp³-hybridized carbons (Fsp3) is 0.278. The zero-order chi connectivity index (χ0) is 16.1. The molecule has 0 aliphatic carbocycles. The Morgan fingerprint density at radius 2 is 1.91 bits per heavy atom. The van der Waals surface area contributed by atoms with Crippen LogP contribution in [0, 0.1) is 0 Å². The highest BCUT2D eigenvalue weighted by Gasteiger charge is 2.18. The summed E-state index contributed by atoms with van der Waals surface area (Å²) in [6.45, 7) is 1.74. The summed E-state index contributed by atoms with van der Waals surface area (Å²) in [6.07, 6.45) is 0. The van der Waals surface area contributed by atoms with Crippen molar-refractivity contribution in [3.63, 3.8) is 0 Å². The van der Waals surface area contributed by atoms with Gasteiger partial charge in [-0.15, -0.1) is 0 Å². The van der Waals surface area contributed by atoms with Gasteiger partial charge in [0.25, 0.3) is 5.91 Å². The summed E-state index contributed by atoms with van der Waals surface area (Å²) in [5.74, 6) is 0.599. The maximum atomic E-state index is 12.5. The smallest absolute Gasteiger partial charge is 0.253 e. The van der Waals surface area contributed by atoms with Gasteiger partial charge in [0, 0.05) is 18.2 Å². The quantitative estimate of drug-likeness (QED) is 0.923. The first kappa shape index (κ1) is 16.0. The molecule has 0 heterocycles. The van der Waals surface area contributed by atoms with Gasteiger partial charge in [-0.3, -0.25) is 4.79 Å². The van der Waals surface area contributed by atoms with E-state index in [1.165, 1.54) is 4.90 Å². The van der Waals surface area contributed by atoms with E-state index in [2.05, 4.69) is 0 Å². The lowest BCUT2D eigenvalue weighted by atomic mass is 10.0. The largest absolute Gasteiger partial charge is 0.496 e. The van der Waals surface area contributed by atoms with Crippen molar-refractivity contribution in [1.82, 2.24) is 4.90 Å². The number of hydrogen-bond acceptors (Lipinski definition) is 3. The summed E-state index contributed by atoms with van der Waals surface area (Å²) < 4.78 is 5.40. The summed E-state index contributed by atoms with van der Waals surface area (Å²) in [5.41, 5.74) is 2.44. The molecular formula is C18H21NO3. The number of methoxy groups -OCH3 is 1. The van der Waals surface area contributed by atoms with Crippen LogP contribution in [0.4, 0.5) is 0 Å². The summed E-state index contributed by atoms with van der Waals surface area (Å²) >= 11 is 0. The molecule has 1 atom stereocenters. The highest BCUT2D eigenvalue weighted by Crippen LogP contribution is 2.31. The van der Waals surface area contributed by atoms with Gasteiger partial charge in [-0.05, 0) is 30.7 Å². The van der Waals surface area contributed by atoms with Crippen molar-refractivity contribution in [2.24, 2.45) is 0 Å². The maximum Gasteiger partial charge on any atom is 0.253 e. The molecule has 2 aromatic rings. The molecule has 0 fully saturated rings.